The molecule has 0 radical (unpaired) electrons. The highest BCUT2D eigenvalue weighted by atomic mass is 79.9. The lowest BCUT2D eigenvalue weighted by molar-refractivity contribution is 0.122. The molecule has 0 aromatic heterocycles. The first-order valence-electron chi connectivity index (χ1n) is 9.26. The summed E-state index contributed by atoms with van der Waals surface area (Å²) in [4.78, 5) is 5.06. The molecule has 3 saturated heterocycles. The Kier molecular flexibility index (Phi) is 6.66. The number of fused-ring (bicyclic) bond motifs is 2. The largest absolute Gasteiger partial charge is 0.378 e. The average Bonchev–Trinajstić information content (AvgIpc) is 2.95. The number of benzene rings is 1. The minimum Gasteiger partial charge on any atom is -0.378 e. The molecule has 25 heavy (non-hydrogen) atoms. The number of halogens is 2. The molecule has 2 unspecified atom stereocenters. The minimum absolute atomic E-state index is 0. The molecule has 2 bridgehead atoms. The maximum absolute atomic E-state index is 5.53. The number of hydrogen-bond donors (Lipinski definition) is 1. The summed E-state index contributed by atoms with van der Waals surface area (Å²) in [6, 6.07) is 8.96. The lowest BCUT2D eigenvalue weighted by Crippen LogP contribution is -2.46. The van der Waals surface area contributed by atoms with Gasteiger partial charge in [-0.3, -0.25) is 4.90 Å². The predicted octanol–water partition coefficient (Wildman–Crippen LogP) is 3.42. The summed E-state index contributed by atoms with van der Waals surface area (Å²) in [7, 11) is 2.31. The van der Waals surface area contributed by atoms with Crippen LogP contribution in [-0.4, -0.2) is 56.4 Å². The molecule has 3 aliphatic heterocycles. The van der Waals surface area contributed by atoms with Crippen LogP contribution < -0.4 is 10.2 Å². The second-order valence-electron chi connectivity index (χ2n) is 7.55. The molecule has 3 fully saturated rings. The number of piperidine rings is 1. The van der Waals surface area contributed by atoms with E-state index in [0.717, 1.165) is 49.4 Å². The first-order valence-corrected chi connectivity index (χ1v) is 10.1. The van der Waals surface area contributed by atoms with Gasteiger partial charge in [0.1, 0.15) is 0 Å². The summed E-state index contributed by atoms with van der Waals surface area (Å²) in [5.74, 6) is 0. The maximum Gasteiger partial charge on any atom is 0.0642 e. The molecule has 140 valence electrons. The molecule has 0 spiro atoms. The zero-order valence-electron chi connectivity index (χ0n) is 14.9. The van der Waals surface area contributed by atoms with E-state index in [-0.39, 0.29) is 12.4 Å². The van der Waals surface area contributed by atoms with Gasteiger partial charge in [-0.2, -0.15) is 0 Å². The lowest BCUT2D eigenvalue weighted by Gasteiger charge is -2.37. The van der Waals surface area contributed by atoms with Gasteiger partial charge in [0.05, 0.1) is 13.2 Å². The van der Waals surface area contributed by atoms with Crippen LogP contribution in [0.2, 0.25) is 0 Å². The molecule has 4 rings (SSSR count). The molecule has 6 heteroatoms. The van der Waals surface area contributed by atoms with E-state index in [9.17, 15) is 0 Å². The monoisotopic (exact) mass is 429 g/mol. The van der Waals surface area contributed by atoms with Gasteiger partial charge in [-0.1, -0.05) is 22.0 Å². The van der Waals surface area contributed by atoms with Crippen LogP contribution in [0.25, 0.3) is 0 Å². The Hall–Kier alpha value is -0.330. The summed E-state index contributed by atoms with van der Waals surface area (Å²) in [6.45, 7) is 4.68. The molecule has 1 aromatic carbocycles. The zero-order chi connectivity index (χ0) is 16.5. The van der Waals surface area contributed by atoms with Gasteiger partial charge in [-0.05, 0) is 50.4 Å². The van der Waals surface area contributed by atoms with Crippen LogP contribution in [0.5, 0.6) is 0 Å². The van der Waals surface area contributed by atoms with Crippen molar-refractivity contribution in [3.63, 3.8) is 0 Å². The van der Waals surface area contributed by atoms with Crippen molar-refractivity contribution in [1.29, 1.82) is 0 Å². The Morgan fingerprint density at radius 1 is 1.20 bits per heavy atom. The first kappa shape index (κ1) is 19.4. The van der Waals surface area contributed by atoms with E-state index in [1.807, 2.05) is 0 Å². The highest BCUT2D eigenvalue weighted by Gasteiger charge is 2.35. The summed E-state index contributed by atoms with van der Waals surface area (Å²) >= 11 is 3.65. The van der Waals surface area contributed by atoms with Crippen LogP contribution in [0.4, 0.5) is 5.69 Å². The molecule has 3 aliphatic rings. The second-order valence-corrected chi connectivity index (χ2v) is 8.47. The van der Waals surface area contributed by atoms with Crippen LogP contribution in [-0.2, 0) is 11.3 Å². The Morgan fingerprint density at radius 3 is 2.56 bits per heavy atom. The number of ether oxygens (including phenoxy) is 1. The summed E-state index contributed by atoms with van der Waals surface area (Å²) in [5, 5.41) is 3.75. The highest BCUT2D eigenvalue weighted by molar-refractivity contribution is 9.10. The van der Waals surface area contributed by atoms with Crippen molar-refractivity contribution in [3.05, 3.63) is 28.2 Å². The molecule has 1 aromatic rings. The van der Waals surface area contributed by atoms with Gasteiger partial charge in [-0.15, -0.1) is 12.4 Å². The molecule has 0 saturated carbocycles. The van der Waals surface area contributed by atoms with Gasteiger partial charge in [0.25, 0.3) is 0 Å². The fourth-order valence-corrected chi connectivity index (χ4v) is 4.90. The van der Waals surface area contributed by atoms with Crippen molar-refractivity contribution in [3.8, 4) is 0 Å². The summed E-state index contributed by atoms with van der Waals surface area (Å²) in [6.07, 6.45) is 5.34. The standard InChI is InChI=1S/C19H28BrN3O.ClH/c1-22(18-11-16-4-5-17(12-18)21-16)13-14-2-3-15(20)10-19(14)23-6-8-24-9-7-23;/h2-3,10,16-18,21H,4-9,11-13H2,1H3;1H. The van der Waals surface area contributed by atoms with Crippen molar-refractivity contribution >= 4 is 34.0 Å². The van der Waals surface area contributed by atoms with Crippen molar-refractivity contribution in [2.45, 2.75) is 50.4 Å². The van der Waals surface area contributed by atoms with Crippen molar-refractivity contribution in [2.24, 2.45) is 0 Å². The number of anilines is 1. The van der Waals surface area contributed by atoms with E-state index >= 15 is 0 Å². The van der Waals surface area contributed by atoms with Gasteiger partial charge in [0.15, 0.2) is 0 Å². The number of rotatable bonds is 4. The Bertz CT molecular complexity index is 570. The maximum atomic E-state index is 5.53. The van der Waals surface area contributed by atoms with Crippen LogP contribution in [0.1, 0.15) is 31.2 Å². The van der Waals surface area contributed by atoms with Gasteiger partial charge >= 0.3 is 0 Å². The van der Waals surface area contributed by atoms with Crippen LogP contribution >= 0.6 is 28.3 Å². The Balaban J connectivity index is 0.00000182. The fourth-order valence-electron chi connectivity index (χ4n) is 4.55. The molecular formula is C19H29BrClN3O. The molecule has 4 nitrogen and oxygen atoms in total. The third-order valence-corrected chi connectivity index (χ3v) is 6.38. The first-order chi connectivity index (χ1) is 11.7. The lowest BCUT2D eigenvalue weighted by atomic mass is 9.98. The van der Waals surface area contributed by atoms with E-state index in [1.165, 1.54) is 36.9 Å². The SMILES string of the molecule is CN(Cc1ccc(Br)cc1N1CCOCC1)C1CC2CCC(C1)N2.Cl. The zero-order valence-corrected chi connectivity index (χ0v) is 17.3. The van der Waals surface area contributed by atoms with Crippen molar-refractivity contribution in [2.75, 3.05) is 38.3 Å². The van der Waals surface area contributed by atoms with Crippen LogP contribution in [0, 0.1) is 0 Å². The quantitative estimate of drug-likeness (QED) is 0.792. The molecular weight excluding hydrogens is 402 g/mol. The Labute approximate surface area is 165 Å². The van der Waals surface area contributed by atoms with E-state index in [4.69, 9.17) is 4.74 Å². The smallest absolute Gasteiger partial charge is 0.0642 e. The molecule has 0 aliphatic carbocycles. The summed E-state index contributed by atoms with van der Waals surface area (Å²) in [5.41, 5.74) is 2.81. The second kappa shape index (κ2) is 8.57. The molecule has 0 amide bonds. The van der Waals surface area contributed by atoms with Crippen LogP contribution in [0.3, 0.4) is 0 Å². The third kappa shape index (κ3) is 4.51. The molecule has 3 heterocycles. The topological polar surface area (TPSA) is 27.7 Å². The minimum atomic E-state index is 0. The average molecular weight is 431 g/mol. The van der Waals surface area contributed by atoms with E-state index < -0.39 is 0 Å². The third-order valence-electron chi connectivity index (χ3n) is 5.89. The number of nitrogens with one attached hydrogen (secondary N) is 1. The van der Waals surface area contributed by atoms with Gasteiger partial charge in [-0.25, -0.2) is 0 Å². The normalized spacial score (nSPS) is 28.9. The molecule has 2 atom stereocenters. The van der Waals surface area contributed by atoms with Crippen molar-refractivity contribution in [1.82, 2.24) is 10.2 Å². The van der Waals surface area contributed by atoms with E-state index in [0.29, 0.717) is 6.04 Å². The Morgan fingerprint density at radius 2 is 1.88 bits per heavy atom. The summed E-state index contributed by atoms with van der Waals surface area (Å²) < 4.78 is 6.69. The number of morpholine rings is 1. The number of nitrogens with zero attached hydrogens (tertiary/aromatic N) is 2. The van der Waals surface area contributed by atoms with Gasteiger partial charge in [0, 0.05) is 47.9 Å². The molecule has 1 N–H and O–H groups in total. The van der Waals surface area contributed by atoms with Gasteiger partial charge in [0.2, 0.25) is 0 Å². The fraction of sp³-hybridized carbons (Fsp3) is 0.684. The highest BCUT2D eigenvalue weighted by Crippen LogP contribution is 2.32. The van der Waals surface area contributed by atoms with E-state index in [1.54, 1.807) is 0 Å². The van der Waals surface area contributed by atoms with Crippen LogP contribution in [0.15, 0.2) is 22.7 Å². The predicted molar refractivity (Wildman–Crippen MR) is 109 cm³/mol. The van der Waals surface area contributed by atoms with Crippen molar-refractivity contribution < 1.29 is 4.74 Å². The van der Waals surface area contributed by atoms with Gasteiger partial charge < -0.3 is 15.0 Å². The van der Waals surface area contributed by atoms with E-state index in [2.05, 4.69) is 56.3 Å². The number of hydrogen-bond acceptors (Lipinski definition) is 4.